The molecule has 0 aliphatic carbocycles. The summed E-state index contributed by atoms with van der Waals surface area (Å²) < 4.78 is 4.74. The van der Waals surface area contributed by atoms with Gasteiger partial charge in [0.05, 0.1) is 0 Å². The van der Waals surface area contributed by atoms with E-state index >= 15 is 0 Å². The van der Waals surface area contributed by atoms with Gasteiger partial charge in [-0.15, -0.1) is 0 Å². The predicted molar refractivity (Wildman–Crippen MR) is 46.4 cm³/mol. The fourth-order valence-corrected chi connectivity index (χ4v) is 1.39. The van der Waals surface area contributed by atoms with Gasteiger partial charge in [-0.2, -0.15) is 0 Å². The van der Waals surface area contributed by atoms with E-state index in [0.29, 0.717) is 0 Å². The first-order chi connectivity index (χ1) is 5.83. The molecule has 0 saturated carbocycles. The van der Waals surface area contributed by atoms with Gasteiger partial charge in [-0.25, -0.2) is 4.90 Å². The molecule has 13 heavy (non-hydrogen) atoms. The molecule has 0 aromatic heterocycles. The molecule has 0 aromatic rings. The maximum absolute atomic E-state index is 10.2. The van der Waals surface area contributed by atoms with Crippen molar-refractivity contribution < 1.29 is 19.7 Å². The second-order valence-corrected chi connectivity index (χ2v) is 3.33. The molecular weight excluding hydrogens is 174 g/mol. The summed E-state index contributed by atoms with van der Waals surface area (Å²) in [7, 11) is 0. The van der Waals surface area contributed by atoms with E-state index in [-0.39, 0.29) is 6.47 Å². The van der Waals surface area contributed by atoms with Crippen molar-refractivity contribution in [2.24, 2.45) is 0 Å². The topological polar surface area (TPSA) is 70.0 Å². The number of aliphatic hydroxyl groups excluding tert-OH is 2. The summed E-state index contributed by atoms with van der Waals surface area (Å²) in [5, 5.41) is 18.6. The number of ether oxygens (including phenoxy) is 1. The third kappa shape index (κ3) is 3.30. The van der Waals surface area contributed by atoms with E-state index < -0.39 is 18.2 Å². The van der Waals surface area contributed by atoms with Crippen molar-refractivity contribution in [1.82, 2.24) is 4.90 Å². The zero-order chi connectivity index (χ0) is 10.6. The van der Waals surface area contributed by atoms with Crippen molar-refractivity contribution in [1.29, 1.82) is 0 Å². The first-order valence-electron chi connectivity index (χ1n) is 4.09. The molecule has 0 aliphatic heterocycles. The summed E-state index contributed by atoms with van der Waals surface area (Å²) in [6, 6.07) is 0. The molecule has 0 spiro atoms. The van der Waals surface area contributed by atoms with Gasteiger partial charge in [0.2, 0.25) is 0 Å². The molecule has 2 N–H and O–H groups in total. The summed E-state index contributed by atoms with van der Waals surface area (Å²) in [6.07, 6.45) is -1.79. The van der Waals surface area contributed by atoms with Crippen LogP contribution in [0.4, 0.5) is 0 Å². The van der Waals surface area contributed by atoms with Gasteiger partial charge in [0.15, 0.2) is 5.72 Å². The predicted octanol–water partition coefficient (Wildman–Crippen LogP) is -0.126. The van der Waals surface area contributed by atoms with Gasteiger partial charge in [-0.1, -0.05) is 0 Å². The van der Waals surface area contributed by atoms with E-state index in [1.54, 1.807) is 13.8 Å². The smallest absolute Gasteiger partial charge is 0.294 e. The van der Waals surface area contributed by atoms with Crippen molar-refractivity contribution >= 4 is 6.47 Å². The van der Waals surface area contributed by atoms with Gasteiger partial charge in [0, 0.05) is 0 Å². The van der Waals surface area contributed by atoms with Crippen molar-refractivity contribution in [3.8, 4) is 0 Å². The second kappa shape index (κ2) is 4.55. The molecule has 0 heterocycles. The van der Waals surface area contributed by atoms with Crippen molar-refractivity contribution in [3.05, 3.63) is 0 Å². The summed E-state index contributed by atoms with van der Waals surface area (Å²) in [5.74, 6) is 0. The molecular formula is C8H17NO4. The Kier molecular flexibility index (Phi) is 4.32. The number of hydrogen-bond donors (Lipinski definition) is 2. The molecule has 78 valence electrons. The summed E-state index contributed by atoms with van der Waals surface area (Å²) in [5.41, 5.74) is -1.02. The monoisotopic (exact) mass is 191 g/mol. The zero-order valence-electron chi connectivity index (χ0n) is 8.39. The van der Waals surface area contributed by atoms with Gasteiger partial charge in [0.1, 0.15) is 12.5 Å². The van der Waals surface area contributed by atoms with Crippen LogP contribution >= 0.6 is 0 Å². The van der Waals surface area contributed by atoms with Gasteiger partial charge in [0.25, 0.3) is 6.47 Å². The van der Waals surface area contributed by atoms with Gasteiger partial charge < -0.3 is 14.9 Å². The highest BCUT2D eigenvalue weighted by atomic mass is 16.6. The molecule has 5 heteroatoms. The lowest BCUT2D eigenvalue weighted by molar-refractivity contribution is -0.221. The molecule has 0 saturated heterocycles. The molecule has 0 bridgehead atoms. The average molecular weight is 191 g/mol. The lowest BCUT2D eigenvalue weighted by Crippen LogP contribution is -2.54. The van der Waals surface area contributed by atoms with Crippen LogP contribution in [-0.4, -0.2) is 39.8 Å². The Morgan fingerprint density at radius 1 is 1.31 bits per heavy atom. The highest BCUT2D eigenvalue weighted by Gasteiger charge is 2.34. The van der Waals surface area contributed by atoms with Crippen LogP contribution in [0.2, 0.25) is 0 Å². The van der Waals surface area contributed by atoms with E-state index in [1.165, 1.54) is 18.7 Å². The highest BCUT2D eigenvalue weighted by molar-refractivity contribution is 5.38. The molecule has 0 rings (SSSR count). The van der Waals surface area contributed by atoms with E-state index in [0.717, 1.165) is 0 Å². The Bertz CT molecular complexity index is 160. The van der Waals surface area contributed by atoms with Crippen LogP contribution in [0.1, 0.15) is 27.7 Å². The van der Waals surface area contributed by atoms with E-state index in [4.69, 9.17) is 4.74 Å². The van der Waals surface area contributed by atoms with Gasteiger partial charge >= 0.3 is 0 Å². The lowest BCUT2D eigenvalue weighted by Gasteiger charge is -2.40. The Hall–Kier alpha value is -0.650. The summed E-state index contributed by atoms with van der Waals surface area (Å²) >= 11 is 0. The van der Waals surface area contributed by atoms with Crippen LogP contribution in [0.5, 0.6) is 0 Å². The van der Waals surface area contributed by atoms with Gasteiger partial charge in [-0.05, 0) is 27.7 Å². The lowest BCUT2D eigenvalue weighted by atomic mass is 10.2. The number of nitrogens with zero attached hydrogens (tertiary/aromatic N) is 1. The molecule has 5 nitrogen and oxygen atoms in total. The molecule has 0 fully saturated rings. The minimum atomic E-state index is -1.02. The number of rotatable bonds is 5. The quantitative estimate of drug-likeness (QED) is 0.468. The van der Waals surface area contributed by atoms with E-state index in [9.17, 15) is 15.0 Å². The summed E-state index contributed by atoms with van der Waals surface area (Å²) in [6.45, 7) is 6.44. The number of carbonyl (C=O) groups excluding carboxylic acids is 1. The van der Waals surface area contributed by atoms with Crippen LogP contribution in [0, 0.1) is 0 Å². The molecule has 2 atom stereocenters. The highest BCUT2D eigenvalue weighted by Crippen LogP contribution is 2.19. The number of carbonyl (C=O) groups is 1. The van der Waals surface area contributed by atoms with Crippen LogP contribution in [0.3, 0.4) is 0 Å². The fourth-order valence-electron chi connectivity index (χ4n) is 1.39. The average Bonchev–Trinajstić information content (AvgIpc) is 1.82. The van der Waals surface area contributed by atoms with Crippen LogP contribution < -0.4 is 0 Å². The van der Waals surface area contributed by atoms with Crippen LogP contribution in [0.25, 0.3) is 0 Å². The van der Waals surface area contributed by atoms with E-state index in [1.807, 2.05) is 0 Å². The standard InChI is InChI=1S/C8H17NO4/c1-6(11)9(7(2)12)8(3,4)13-5-10/h5-7,11-12H,1-4H3. The van der Waals surface area contributed by atoms with E-state index in [2.05, 4.69) is 0 Å². The normalized spacial score (nSPS) is 16.8. The van der Waals surface area contributed by atoms with Crippen molar-refractivity contribution in [3.63, 3.8) is 0 Å². The third-order valence-corrected chi connectivity index (χ3v) is 1.76. The third-order valence-electron chi connectivity index (χ3n) is 1.76. The largest absolute Gasteiger partial charge is 0.446 e. The Morgan fingerprint density at radius 3 is 1.92 bits per heavy atom. The number of aliphatic hydroxyl groups is 2. The SMILES string of the molecule is CC(O)N(C(C)O)C(C)(C)OC=O. The molecule has 0 aromatic carbocycles. The molecule has 0 amide bonds. The van der Waals surface area contributed by atoms with Crippen molar-refractivity contribution in [2.75, 3.05) is 0 Å². The fraction of sp³-hybridized carbons (Fsp3) is 0.875. The maximum Gasteiger partial charge on any atom is 0.294 e. The zero-order valence-corrected chi connectivity index (χ0v) is 8.39. The van der Waals surface area contributed by atoms with Crippen LogP contribution in [0.15, 0.2) is 0 Å². The maximum atomic E-state index is 10.2. The summed E-state index contributed by atoms with van der Waals surface area (Å²) in [4.78, 5) is 11.4. The first kappa shape index (κ1) is 12.3. The molecule has 0 aliphatic rings. The number of hydrogen-bond acceptors (Lipinski definition) is 5. The Labute approximate surface area is 77.9 Å². The molecule has 2 unspecified atom stereocenters. The first-order valence-corrected chi connectivity index (χ1v) is 4.09. The van der Waals surface area contributed by atoms with Crippen LogP contribution in [-0.2, 0) is 9.53 Å². The Balaban J connectivity index is 4.61. The minimum absolute atomic E-state index is 0.289. The second-order valence-electron chi connectivity index (χ2n) is 3.33. The molecule has 0 radical (unpaired) electrons. The van der Waals surface area contributed by atoms with Crippen molar-refractivity contribution in [2.45, 2.75) is 45.9 Å². The Morgan fingerprint density at radius 2 is 1.69 bits per heavy atom. The minimum Gasteiger partial charge on any atom is -0.446 e. The van der Waals surface area contributed by atoms with Gasteiger partial charge in [-0.3, -0.25) is 4.79 Å².